The molecule has 0 radical (unpaired) electrons. The summed E-state index contributed by atoms with van der Waals surface area (Å²) in [5.74, 6) is 0.381. The Balaban J connectivity index is 1.07. The molecule has 2 aliphatic heterocycles. The van der Waals surface area contributed by atoms with E-state index in [1.165, 1.54) is 12.8 Å². The lowest BCUT2D eigenvalue weighted by atomic mass is 9.69. The summed E-state index contributed by atoms with van der Waals surface area (Å²) < 4.78 is 0. The zero-order valence-electron chi connectivity index (χ0n) is 34.4. The number of carbonyl (C=O) groups excluding carboxylic acids is 3. The highest BCUT2D eigenvalue weighted by Gasteiger charge is 2.38. The second-order valence-electron chi connectivity index (χ2n) is 16.9. The SMILES string of the molecule is O=C(C1=CN(CCO)C=C(c2ccc(C(=O)c3ccc(C4=CN(CCO)C=C(C(=O)c5ccccc5)C4C4CCCCC4)cc3)cc2)C1C1CCCCC1)c1ccccc1. The van der Waals surface area contributed by atoms with Crippen LogP contribution in [0.15, 0.2) is 145 Å². The van der Waals surface area contributed by atoms with Crippen LogP contribution in [0.2, 0.25) is 0 Å². The molecule has 308 valence electrons. The van der Waals surface area contributed by atoms with E-state index in [-0.39, 0.29) is 42.4 Å². The average molecular weight is 801 g/mol. The Bertz CT molecular complexity index is 2100. The van der Waals surface area contributed by atoms with Crippen molar-refractivity contribution in [1.29, 1.82) is 0 Å². The van der Waals surface area contributed by atoms with Crippen molar-refractivity contribution in [2.75, 3.05) is 26.3 Å². The van der Waals surface area contributed by atoms with Crippen LogP contribution in [0, 0.1) is 23.7 Å². The third-order valence-corrected chi connectivity index (χ3v) is 13.1. The molecule has 2 aliphatic carbocycles. The van der Waals surface area contributed by atoms with Gasteiger partial charge >= 0.3 is 0 Å². The molecule has 0 aromatic heterocycles. The number of β-amino-alcohol motifs (C(OH)–C–C–N with tert-alkyl or cyclic N) is 2. The van der Waals surface area contributed by atoms with Crippen LogP contribution in [0.5, 0.6) is 0 Å². The maximum atomic E-state index is 14.2. The molecule has 7 heteroatoms. The second kappa shape index (κ2) is 19.2. The molecule has 0 amide bonds. The van der Waals surface area contributed by atoms with Gasteiger partial charge in [0.05, 0.1) is 13.2 Å². The standard InChI is InChI=1S/C53H56N2O5/c56-31-29-54-33-45(49(39-13-5-1-6-14-39)47(35-54)52(59)41-17-9-3-10-18-41)37-21-25-43(26-22-37)51(58)44-27-23-38(24-28-44)46-34-55(30-32-57)36-48(50(46)40-15-7-2-8-16-40)53(60)42-19-11-4-12-20-42/h3-4,9-12,17-28,33-36,39-40,49-50,56-57H,1-2,5-8,13-16,29-32H2. The number of aliphatic hydroxyl groups excluding tert-OH is 2. The molecule has 2 unspecified atom stereocenters. The lowest BCUT2D eigenvalue weighted by molar-refractivity contribution is 0.100. The van der Waals surface area contributed by atoms with Crippen LogP contribution in [-0.4, -0.2) is 63.7 Å². The van der Waals surface area contributed by atoms with Gasteiger partial charge < -0.3 is 20.0 Å². The highest BCUT2D eigenvalue weighted by molar-refractivity contribution is 6.12. The molecule has 4 aromatic rings. The fraction of sp³-hybridized carbons (Fsp3) is 0.340. The van der Waals surface area contributed by atoms with Crippen molar-refractivity contribution in [2.45, 2.75) is 64.2 Å². The van der Waals surface area contributed by atoms with Crippen molar-refractivity contribution in [3.05, 3.63) is 179 Å². The summed E-state index contributed by atoms with van der Waals surface area (Å²) >= 11 is 0. The number of hydrogen-bond acceptors (Lipinski definition) is 7. The van der Waals surface area contributed by atoms with E-state index in [0.29, 0.717) is 47.2 Å². The number of allylic oxidation sites excluding steroid dienone is 4. The molecular weight excluding hydrogens is 745 g/mol. The summed E-state index contributed by atoms with van der Waals surface area (Å²) in [5, 5.41) is 19.9. The van der Waals surface area contributed by atoms with Crippen molar-refractivity contribution in [1.82, 2.24) is 9.80 Å². The Morgan fingerprint density at radius 3 is 1.13 bits per heavy atom. The van der Waals surface area contributed by atoms with E-state index in [1.807, 2.05) is 131 Å². The van der Waals surface area contributed by atoms with E-state index in [9.17, 15) is 24.6 Å². The third kappa shape index (κ3) is 8.93. The van der Waals surface area contributed by atoms with Crippen LogP contribution in [0.3, 0.4) is 0 Å². The van der Waals surface area contributed by atoms with Crippen LogP contribution in [0.25, 0.3) is 11.1 Å². The summed E-state index contributed by atoms with van der Waals surface area (Å²) in [6, 6.07) is 34.5. The first-order valence-electron chi connectivity index (χ1n) is 22.0. The minimum absolute atomic E-state index is 0.0140. The van der Waals surface area contributed by atoms with Crippen LogP contribution in [0.1, 0.15) is 112 Å². The smallest absolute Gasteiger partial charge is 0.193 e. The van der Waals surface area contributed by atoms with Gasteiger partial charge in [0.15, 0.2) is 17.3 Å². The van der Waals surface area contributed by atoms with E-state index in [2.05, 4.69) is 12.4 Å². The maximum absolute atomic E-state index is 14.2. The number of Topliss-reactive ketones (excluding diaryl/α,β-unsaturated/α-hetero) is 2. The Kier molecular flexibility index (Phi) is 13.1. The molecule has 2 heterocycles. The molecule has 4 aliphatic rings. The Morgan fingerprint density at radius 2 is 0.783 bits per heavy atom. The third-order valence-electron chi connectivity index (χ3n) is 13.1. The topological polar surface area (TPSA) is 98.2 Å². The maximum Gasteiger partial charge on any atom is 0.193 e. The highest BCUT2D eigenvalue weighted by Crippen LogP contribution is 2.47. The highest BCUT2D eigenvalue weighted by atomic mass is 16.3. The molecule has 2 saturated carbocycles. The first kappa shape index (κ1) is 41.1. The average Bonchev–Trinajstić information content (AvgIpc) is 3.31. The number of nitrogens with zero attached hydrogens (tertiary/aromatic N) is 2. The fourth-order valence-electron chi connectivity index (χ4n) is 10.1. The summed E-state index contributed by atoms with van der Waals surface area (Å²) in [4.78, 5) is 46.4. The molecule has 8 rings (SSSR count). The van der Waals surface area contributed by atoms with Gasteiger partial charge in [0, 0.05) is 83.1 Å². The van der Waals surface area contributed by atoms with E-state index in [1.54, 1.807) is 0 Å². The number of rotatable bonds is 14. The predicted octanol–water partition coefficient (Wildman–Crippen LogP) is 10.1. The summed E-state index contributed by atoms with van der Waals surface area (Å²) in [6.45, 7) is 0.655. The second-order valence-corrected chi connectivity index (χ2v) is 16.9. The Hall–Kier alpha value is -5.63. The zero-order valence-corrected chi connectivity index (χ0v) is 34.4. The molecule has 2 atom stereocenters. The largest absolute Gasteiger partial charge is 0.395 e. The summed E-state index contributed by atoms with van der Waals surface area (Å²) in [5.41, 5.74) is 7.99. The minimum Gasteiger partial charge on any atom is -0.395 e. The van der Waals surface area contributed by atoms with Gasteiger partial charge in [-0.2, -0.15) is 0 Å². The fourth-order valence-corrected chi connectivity index (χ4v) is 10.1. The van der Waals surface area contributed by atoms with Gasteiger partial charge in [-0.15, -0.1) is 0 Å². The van der Waals surface area contributed by atoms with E-state index < -0.39 is 0 Å². The summed E-state index contributed by atoms with van der Waals surface area (Å²) in [7, 11) is 0. The zero-order chi connectivity index (χ0) is 41.4. The van der Waals surface area contributed by atoms with Gasteiger partial charge in [-0.25, -0.2) is 0 Å². The van der Waals surface area contributed by atoms with Crippen LogP contribution in [0.4, 0.5) is 0 Å². The number of benzene rings is 4. The first-order valence-corrected chi connectivity index (χ1v) is 22.0. The Labute approximate surface area is 354 Å². The van der Waals surface area contributed by atoms with E-state index >= 15 is 0 Å². The molecule has 0 saturated heterocycles. The number of ketones is 3. The van der Waals surface area contributed by atoms with Crippen LogP contribution >= 0.6 is 0 Å². The minimum atomic E-state index is -0.0970. The van der Waals surface area contributed by atoms with Gasteiger partial charge in [0.25, 0.3) is 0 Å². The van der Waals surface area contributed by atoms with Gasteiger partial charge in [-0.1, -0.05) is 148 Å². The molecule has 0 spiro atoms. The number of carbonyl (C=O) groups is 3. The number of aliphatic hydroxyl groups is 2. The Morgan fingerprint density at radius 1 is 0.433 bits per heavy atom. The van der Waals surface area contributed by atoms with Crippen molar-refractivity contribution in [3.63, 3.8) is 0 Å². The lowest BCUT2D eigenvalue weighted by Gasteiger charge is -2.38. The van der Waals surface area contributed by atoms with Crippen molar-refractivity contribution < 1.29 is 24.6 Å². The normalized spacial score (nSPS) is 20.2. The molecule has 2 N–H and O–H groups in total. The molecule has 2 fully saturated rings. The molecule has 0 bridgehead atoms. The van der Waals surface area contributed by atoms with Crippen molar-refractivity contribution in [2.24, 2.45) is 23.7 Å². The first-order chi connectivity index (χ1) is 29.4. The molecular formula is C53H56N2O5. The van der Waals surface area contributed by atoms with E-state index in [0.717, 1.165) is 84.8 Å². The van der Waals surface area contributed by atoms with E-state index in [4.69, 9.17) is 0 Å². The molecule has 60 heavy (non-hydrogen) atoms. The van der Waals surface area contributed by atoms with Crippen LogP contribution in [-0.2, 0) is 0 Å². The quantitative estimate of drug-likeness (QED) is 0.123. The van der Waals surface area contributed by atoms with Gasteiger partial charge in [0.1, 0.15) is 0 Å². The van der Waals surface area contributed by atoms with Crippen molar-refractivity contribution in [3.8, 4) is 0 Å². The monoisotopic (exact) mass is 800 g/mol. The van der Waals surface area contributed by atoms with Gasteiger partial charge in [-0.3, -0.25) is 14.4 Å². The lowest BCUT2D eigenvalue weighted by Crippen LogP contribution is -2.32. The molecule has 7 nitrogen and oxygen atoms in total. The van der Waals surface area contributed by atoms with Crippen LogP contribution < -0.4 is 0 Å². The van der Waals surface area contributed by atoms with Crippen molar-refractivity contribution >= 4 is 28.5 Å². The van der Waals surface area contributed by atoms with Gasteiger partial charge in [0.2, 0.25) is 0 Å². The summed E-state index contributed by atoms with van der Waals surface area (Å²) in [6.07, 6.45) is 19.2. The predicted molar refractivity (Wildman–Crippen MR) is 238 cm³/mol. The van der Waals surface area contributed by atoms with Gasteiger partial charge in [-0.05, 0) is 59.8 Å². The number of hydrogen-bond donors (Lipinski definition) is 2. The molecule has 4 aromatic carbocycles.